The van der Waals surface area contributed by atoms with Crippen molar-refractivity contribution in [3.63, 3.8) is 0 Å². The van der Waals surface area contributed by atoms with Gasteiger partial charge in [-0.15, -0.1) is 0 Å². The second kappa shape index (κ2) is 10.8. The molecule has 1 aliphatic heterocycles. The number of nitrogens with zero attached hydrogens (tertiary/aromatic N) is 1. The lowest BCUT2D eigenvalue weighted by atomic mass is 10.1. The lowest BCUT2D eigenvalue weighted by molar-refractivity contribution is -0.0682. The number of hydrogen-bond acceptors (Lipinski definition) is 4. The maximum atomic E-state index is 6.28. The van der Waals surface area contributed by atoms with Crippen LogP contribution >= 0.6 is 0 Å². The average molecular weight is 402 g/mol. The highest BCUT2D eigenvalue weighted by atomic mass is 16.5. The lowest BCUT2D eigenvalue weighted by Crippen LogP contribution is -2.38. The van der Waals surface area contributed by atoms with Gasteiger partial charge in [0, 0.05) is 6.21 Å². The van der Waals surface area contributed by atoms with Crippen LogP contribution in [-0.2, 0) is 34.0 Å². The Balaban J connectivity index is 1.35. The summed E-state index contributed by atoms with van der Waals surface area (Å²) in [4.78, 5) is 4.65. The molecule has 0 bridgehead atoms. The average Bonchev–Trinajstić information content (AvgIpc) is 3.20. The van der Waals surface area contributed by atoms with Gasteiger partial charge in [-0.25, -0.2) is 0 Å². The molecule has 0 fully saturated rings. The van der Waals surface area contributed by atoms with Crippen LogP contribution in [0.25, 0.3) is 0 Å². The normalized spacial score (nSPS) is 20.5. The monoisotopic (exact) mass is 401 g/mol. The van der Waals surface area contributed by atoms with Crippen LogP contribution in [0.3, 0.4) is 0 Å². The molecule has 3 aromatic rings. The van der Waals surface area contributed by atoms with Crippen molar-refractivity contribution in [2.24, 2.45) is 4.99 Å². The number of aliphatic imine (C=N–C) groups is 1. The Morgan fingerprint density at radius 2 is 1.10 bits per heavy atom. The van der Waals surface area contributed by atoms with Crippen LogP contribution in [0.4, 0.5) is 0 Å². The van der Waals surface area contributed by atoms with E-state index in [1.54, 1.807) is 0 Å². The third-order valence-electron chi connectivity index (χ3n) is 5.10. The van der Waals surface area contributed by atoms with Gasteiger partial charge in [0.15, 0.2) is 0 Å². The van der Waals surface area contributed by atoms with Crippen molar-refractivity contribution >= 4 is 6.21 Å². The van der Waals surface area contributed by atoms with E-state index in [1.807, 2.05) is 60.8 Å². The van der Waals surface area contributed by atoms with E-state index in [-0.39, 0.29) is 18.2 Å². The Labute approximate surface area is 178 Å². The van der Waals surface area contributed by atoms with Gasteiger partial charge < -0.3 is 14.2 Å². The van der Waals surface area contributed by atoms with Crippen LogP contribution < -0.4 is 0 Å². The van der Waals surface area contributed by atoms with Crippen molar-refractivity contribution in [1.29, 1.82) is 0 Å². The summed E-state index contributed by atoms with van der Waals surface area (Å²) in [6.07, 6.45) is 1.50. The molecule has 0 aromatic heterocycles. The highest BCUT2D eigenvalue weighted by Crippen LogP contribution is 2.21. The zero-order valence-corrected chi connectivity index (χ0v) is 17.0. The quantitative estimate of drug-likeness (QED) is 0.489. The topological polar surface area (TPSA) is 40.0 Å². The number of hydrogen-bond donors (Lipinski definition) is 0. The number of ether oxygens (including phenoxy) is 3. The predicted molar refractivity (Wildman–Crippen MR) is 118 cm³/mol. The molecule has 0 unspecified atom stereocenters. The molecule has 0 amide bonds. The van der Waals surface area contributed by atoms with Gasteiger partial charge in [-0.1, -0.05) is 91.0 Å². The molecule has 0 saturated carbocycles. The molecule has 0 radical (unpaired) electrons. The summed E-state index contributed by atoms with van der Waals surface area (Å²) in [5.41, 5.74) is 3.42. The zero-order valence-electron chi connectivity index (χ0n) is 17.0. The molecule has 0 aliphatic carbocycles. The van der Waals surface area contributed by atoms with E-state index in [2.05, 4.69) is 41.4 Å². The minimum atomic E-state index is -0.195. The second-order valence-electron chi connectivity index (χ2n) is 7.39. The van der Waals surface area contributed by atoms with E-state index in [4.69, 9.17) is 14.2 Å². The summed E-state index contributed by atoms with van der Waals surface area (Å²) < 4.78 is 18.4. The first-order chi connectivity index (χ1) is 14.9. The molecule has 154 valence electrons. The van der Waals surface area contributed by atoms with Gasteiger partial charge in [0.1, 0.15) is 18.2 Å². The molecule has 30 heavy (non-hydrogen) atoms. The van der Waals surface area contributed by atoms with Crippen molar-refractivity contribution < 1.29 is 14.2 Å². The van der Waals surface area contributed by atoms with Crippen molar-refractivity contribution in [2.45, 2.75) is 38.1 Å². The zero-order chi connectivity index (χ0) is 20.4. The van der Waals surface area contributed by atoms with Gasteiger partial charge in [-0.2, -0.15) is 0 Å². The molecule has 0 N–H and O–H groups in total. The van der Waals surface area contributed by atoms with Crippen LogP contribution in [0.15, 0.2) is 96.0 Å². The fourth-order valence-corrected chi connectivity index (χ4v) is 3.47. The van der Waals surface area contributed by atoms with E-state index >= 15 is 0 Å². The highest BCUT2D eigenvalue weighted by Gasteiger charge is 2.35. The van der Waals surface area contributed by atoms with Crippen molar-refractivity contribution in [3.8, 4) is 0 Å². The molecular formula is C26H27NO3. The first-order valence-corrected chi connectivity index (χ1v) is 10.3. The van der Waals surface area contributed by atoms with E-state index in [0.717, 1.165) is 16.7 Å². The Kier molecular flexibility index (Phi) is 7.40. The smallest absolute Gasteiger partial charge is 0.121 e. The van der Waals surface area contributed by atoms with Crippen LogP contribution in [0, 0.1) is 0 Å². The Bertz CT molecular complexity index is 899. The molecule has 1 aliphatic rings. The summed E-state index contributed by atoms with van der Waals surface area (Å²) in [6, 6.07) is 30.4. The first-order valence-electron chi connectivity index (χ1n) is 10.3. The van der Waals surface area contributed by atoms with Gasteiger partial charge >= 0.3 is 0 Å². The van der Waals surface area contributed by atoms with Gasteiger partial charge in [0.2, 0.25) is 0 Å². The number of rotatable bonds is 10. The SMILES string of the molecule is C1=N[C@H](COCc2ccccc2)[C@@H](OCc2ccccc2)[C@@H]1OCc1ccccc1. The Morgan fingerprint density at radius 3 is 1.67 bits per heavy atom. The van der Waals surface area contributed by atoms with Gasteiger partial charge in [-0.3, -0.25) is 4.99 Å². The van der Waals surface area contributed by atoms with Crippen LogP contribution in [0.1, 0.15) is 16.7 Å². The van der Waals surface area contributed by atoms with E-state index in [9.17, 15) is 0 Å². The summed E-state index contributed by atoms with van der Waals surface area (Å²) in [5, 5.41) is 0. The molecule has 3 atom stereocenters. The van der Waals surface area contributed by atoms with Gasteiger partial charge in [0.05, 0.1) is 26.4 Å². The molecule has 4 rings (SSSR count). The third kappa shape index (κ3) is 5.86. The fourth-order valence-electron chi connectivity index (χ4n) is 3.47. The van der Waals surface area contributed by atoms with Crippen LogP contribution in [0.2, 0.25) is 0 Å². The van der Waals surface area contributed by atoms with Crippen LogP contribution in [0.5, 0.6) is 0 Å². The van der Waals surface area contributed by atoms with Gasteiger partial charge in [-0.05, 0) is 16.7 Å². The maximum Gasteiger partial charge on any atom is 0.121 e. The Hall–Kier alpha value is -2.79. The molecular weight excluding hydrogens is 374 g/mol. The fraction of sp³-hybridized carbons (Fsp3) is 0.269. The van der Waals surface area contributed by atoms with Crippen molar-refractivity contribution in [3.05, 3.63) is 108 Å². The van der Waals surface area contributed by atoms with E-state index < -0.39 is 0 Å². The van der Waals surface area contributed by atoms with Crippen LogP contribution in [-0.4, -0.2) is 31.1 Å². The van der Waals surface area contributed by atoms with Gasteiger partial charge in [0.25, 0.3) is 0 Å². The maximum absolute atomic E-state index is 6.28. The predicted octanol–water partition coefficient (Wildman–Crippen LogP) is 4.83. The largest absolute Gasteiger partial charge is 0.374 e. The summed E-state index contributed by atoms with van der Waals surface area (Å²) >= 11 is 0. The second-order valence-corrected chi connectivity index (χ2v) is 7.39. The Morgan fingerprint density at radius 1 is 0.600 bits per heavy atom. The summed E-state index contributed by atoms with van der Waals surface area (Å²) in [6.45, 7) is 2.11. The highest BCUT2D eigenvalue weighted by molar-refractivity contribution is 5.67. The first kappa shape index (κ1) is 20.5. The standard InChI is InChI=1S/C26H27NO3/c1-4-10-21(11-5-1)17-28-20-24-26(30-19-23-14-8-3-9-15-23)25(16-27-24)29-18-22-12-6-2-7-13-22/h1-16,24-26H,17-20H2/t24-,25-,26-/m1/s1. The molecule has 4 nitrogen and oxygen atoms in total. The summed E-state index contributed by atoms with van der Waals surface area (Å²) in [7, 11) is 0. The summed E-state index contributed by atoms with van der Waals surface area (Å²) in [5.74, 6) is 0. The molecule has 0 spiro atoms. The van der Waals surface area contributed by atoms with E-state index in [0.29, 0.717) is 26.4 Å². The minimum absolute atomic E-state index is 0.0850. The minimum Gasteiger partial charge on any atom is -0.374 e. The lowest BCUT2D eigenvalue weighted by Gasteiger charge is -2.24. The number of benzene rings is 3. The molecule has 3 aromatic carbocycles. The molecule has 0 saturated heterocycles. The molecule has 1 heterocycles. The van der Waals surface area contributed by atoms with E-state index in [1.165, 1.54) is 0 Å². The van der Waals surface area contributed by atoms with Crippen molar-refractivity contribution in [2.75, 3.05) is 6.61 Å². The molecule has 4 heteroatoms. The third-order valence-corrected chi connectivity index (χ3v) is 5.10. The van der Waals surface area contributed by atoms with Crippen molar-refractivity contribution in [1.82, 2.24) is 0 Å².